The summed E-state index contributed by atoms with van der Waals surface area (Å²) in [5.74, 6) is 1.48. The number of rotatable bonds is 4. The highest BCUT2D eigenvalue weighted by Crippen LogP contribution is 2.28. The van der Waals surface area contributed by atoms with Gasteiger partial charge in [0.25, 0.3) is 0 Å². The summed E-state index contributed by atoms with van der Waals surface area (Å²) in [6.45, 7) is 0. The molecule has 19 heavy (non-hydrogen) atoms. The van der Waals surface area contributed by atoms with Gasteiger partial charge in [-0.1, -0.05) is 31.0 Å². The van der Waals surface area contributed by atoms with Crippen molar-refractivity contribution in [3.63, 3.8) is 0 Å². The van der Waals surface area contributed by atoms with Crippen LogP contribution in [0, 0.1) is 5.92 Å². The highest BCUT2D eigenvalue weighted by molar-refractivity contribution is 5.30. The minimum Gasteiger partial charge on any atom is -0.327 e. The summed E-state index contributed by atoms with van der Waals surface area (Å²) in [7, 11) is 0. The third-order valence-electron chi connectivity index (χ3n) is 3.96. The molecule has 100 valence electrons. The molecule has 0 amide bonds. The zero-order valence-electron chi connectivity index (χ0n) is 10.9. The Morgan fingerprint density at radius 1 is 1.21 bits per heavy atom. The van der Waals surface area contributed by atoms with Gasteiger partial charge in [-0.3, -0.25) is 0 Å². The van der Waals surface area contributed by atoms with E-state index in [2.05, 4.69) is 15.5 Å². The van der Waals surface area contributed by atoms with Crippen LogP contribution in [0.15, 0.2) is 30.3 Å². The first-order valence-electron chi connectivity index (χ1n) is 6.93. The molecule has 1 atom stereocenters. The molecular formula is C14H19N5. The van der Waals surface area contributed by atoms with Crippen molar-refractivity contribution in [3.8, 4) is 5.69 Å². The molecule has 2 N–H and O–H groups in total. The fourth-order valence-electron chi connectivity index (χ4n) is 2.87. The molecule has 0 radical (unpaired) electrons. The maximum Gasteiger partial charge on any atom is 0.158 e. The molecule has 0 saturated heterocycles. The van der Waals surface area contributed by atoms with E-state index < -0.39 is 0 Å². The fraction of sp³-hybridized carbons (Fsp3) is 0.500. The van der Waals surface area contributed by atoms with E-state index in [4.69, 9.17) is 5.73 Å². The highest BCUT2D eigenvalue weighted by atomic mass is 15.5. The quantitative estimate of drug-likeness (QED) is 0.905. The Morgan fingerprint density at radius 3 is 2.68 bits per heavy atom. The number of tetrazole rings is 1. The molecule has 1 fully saturated rings. The summed E-state index contributed by atoms with van der Waals surface area (Å²) in [5.41, 5.74) is 7.30. The van der Waals surface area contributed by atoms with Crippen LogP contribution in [0.3, 0.4) is 0 Å². The van der Waals surface area contributed by atoms with Crippen molar-refractivity contribution in [3.05, 3.63) is 36.2 Å². The number of nitrogens with zero attached hydrogens (tertiary/aromatic N) is 4. The van der Waals surface area contributed by atoms with E-state index in [9.17, 15) is 0 Å². The van der Waals surface area contributed by atoms with Gasteiger partial charge in [-0.05, 0) is 41.3 Å². The van der Waals surface area contributed by atoms with Crippen molar-refractivity contribution in [1.29, 1.82) is 0 Å². The van der Waals surface area contributed by atoms with Crippen LogP contribution in [0.25, 0.3) is 5.69 Å². The minimum atomic E-state index is 0.163. The van der Waals surface area contributed by atoms with E-state index in [0.717, 1.165) is 17.9 Å². The summed E-state index contributed by atoms with van der Waals surface area (Å²) in [5, 5.41) is 12.0. The van der Waals surface area contributed by atoms with Gasteiger partial charge in [0.1, 0.15) is 0 Å². The smallest absolute Gasteiger partial charge is 0.158 e. The number of nitrogens with two attached hydrogens (primary N) is 1. The molecule has 0 bridgehead atoms. The van der Waals surface area contributed by atoms with Crippen molar-refractivity contribution in [1.82, 2.24) is 20.2 Å². The first-order valence-corrected chi connectivity index (χ1v) is 6.93. The minimum absolute atomic E-state index is 0.163. The summed E-state index contributed by atoms with van der Waals surface area (Å²) in [6, 6.07) is 10.1. The number of aromatic nitrogens is 4. The molecule has 1 unspecified atom stereocenters. The average molecular weight is 257 g/mol. The van der Waals surface area contributed by atoms with Gasteiger partial charge in [0.2, 0.25) is 0 Å². The van der Waals surface area contributed by atoms with Crippen molar-refractivity contribution < 1.29 is 0 Å². The molecule has 5 nitrogen and oxygen atoms in total. The largest absolute Gasteiger partial charge is 0.327 e. The molecule has 5 heteroatoms. The Hall–Kier alpha value is -1.75. The van der Waals surface area contributed by atoms with E-state index in [1.165, 1.54) is 25.7 Å². The molecule has 1 heterocycles. The van der Waals surface area contributed by atoms with Crippen LogP contribution in [0.4, 0.5) is 0 Å². The SMILES string of the molecule is NC(Cc1nnnn1-c1ccccc1)C1CCCC1. The molecule has 1 aliphatic carbocycles. The van der Waals surface area contributed by atoms with Crippen LogP contribution in [0.1, 0.15) is 31.5 Å². The van der Waals surface area contributed by atoms with E-state index in [0.29, 0.717) is 5.92 Å². The molecular weight excluding hydrogens is 238 g/mol. The van der Waals surface area contributed by atoms with Gasteiger partial charge in [0.05, 0.1) is 5.69 Å². The molecule has 0 aliphatic heterocycles. The van der Waals surface area contributed by atoms with Crippen molar-refractivity contribution in [2.75, 3.05) is 0 Å². The monoisotopic (exact) mass is 257 g/mol. The Morgan fingerprint density at radius 2 is 1.95 bits per heavy atom. The van der Waals surface area contributed by atoms with Crippen molar-refractivity contribution in [2.45, 2.75) is 38.1 Å². The van der Waals surface area contributed by atoms with Crippen LogP contribution < -0.4 is 5.73 Å². The second kappa shape index (κ2) is 5.48. The van der Waals surface area contributed by atoms with E-state index in [1.807, 2.05) is 30.3 Å². The Labute approximate surface area is 112 Å². The van der Waals surface area contributed by atoms with Crippen molar-refractivity contribution in [2.24, 2.45) is 11.7 Å². The van der Waals surface area contributed by atoms with Gasteiger partial charge in [-0.2, -0.15) is 4.68 Å². The van der Waals surface area contributed by atoms with Crippen LogP contribution in [0.2, 0.25) is 0 Å². The topological polar surface area (TPSA) is 69.6 Å². The van der Waals surface area contributed by atoms with Crippen LogP contribution in [0.5, 0.6) is 0 Å². The van der Waals surface area contributed by atoms with Crippen LogP contribution in [-0.4, -0.2) is 26.2 Å². The predicted octanol–water partition coefficient (Wildman–Crippen LogP) is 1.72. The van der Waals surface area contributed by atoms with Crippen LogP contribution >= 0.6 is 0 Å². The fourth-order valence-corrected chi connectivity index (χ4v) is 2.87. The third-order valence-corrected chi connectivity index (χ3v) is 3.96. The Balaban J connectivity index is 1.77. The summed E-state index contributed by atoms with van der Waals surface area (Å²) in [6.07, 6.45) is 5.85. The molecule has 1 aliphatic rings. The lowest BCUT2D eigenvalue weighted by atomic mass is 9.96. The summed E-state index contributed by atoms with van der Waals surface area (Å²) < 4.78 is 1.79. The van der Waals surface area contributed by atoms with E-state index >= 15 is 0 Å². The lowest BCUT2D eigenvalue weighted by molar-refractivity contribution is 0.420. The Kier molecular flexibility index (Phi) is 3.55. The Bertz CT molecular complexity index is 516. The number of hydrogen-bond donors (Lipinski definition) is 1. The number of benzene rings is 1. The first-order chi connectivity index (χ1) is 9.34. The zero-order chi connectivity index (χ0) is 13.1. The van der Waals surface area contributed by atoms with Gasteiger partial charge < -0.3 is 5.73 Å². The normalized spacial score (nSPS) is 17.7. The maximum atomic E-state index is 6.31. The lowest BCUT2D eigenvalue weighted by Gasteiger charge is -2.17. The highest BCUT2D eigenvalue weighted by Gasteiger charge is 2.24. The number of para-hydroxylation sites is 1. The van der Waals surface area contributed by atoms with E-state index in [1.54, 1.807) is 4.68 Å². The van der Waals surface area contributed by atoms with Gasteiger partial charge in [-0.15, -0.1) is 5.10 Å². The first kappa shape index (κ1) is 12.3. The molecule has 1 aromatic heterocycles. The van der Waals surface area contributed by atoms with Gasteiger partial charge >= 0.3 is 0 Å². The summed E-state index contributed by atoms with van der Waals surface area (Å²) >= 11 is 0. The zero-order valence-corrected chi connectivity index (χ0v) is 10.9. The maximum absolute atomic E-state index is 6.31. The second-order valence-electron chi connectivity index (χ2n) is 5.25. The average Bonchev–Trinajstić information content (AvgIpc) is 3.11. The van der Waals surface area contributed by atoms with Gasteiger partial charge in [0, 0.05) is 12.5 Å². The third kappa shape index (κ3) is 2.66. The second-order valence-corrected chi connectivity index (χ2v) is 5.25. The molecule has 2 aromatic rings. The van der Waals surface area contributed by atoms with Crippen molar-refractivity contribution >= 4 is 0 Å². The number of hydrogen-bond acceptors (Lipinski definition) is 4. The van der Waals surface area contributed by atoms with Gasteiger partial charge in [-0.25, -0.2) is 0 Å². The standard InChI is InChI=1S/C14H19N5/c15-13(11-6-4-5-7-11)10-14-16-17-18-19(14)12-8-2-1-3-9-12/h1-3,8-9,11,13H,4-7,10,15H2. The predicted molar refractivity (Wildman–Crippen MR) is 72.8 cm³/mol. The molecule has 3 rings (SSSR count). The van der Waals surface area contributed by atoms with E-state index in [-0.39, 0.29) is 6.04 Å². The van der Waals surface area contributed by atoms with Crippen LogP contribution in [-0.2, 0) is 6.42 Å². The molecule has 1 aromatic carbocycles. The molecule has 0 spiro atoms. The summed E-state index contributed by atoms with van der Waals surface area (Å²) in [4.78, 5) is 0. The van der Waals surface area contributed by atoms with Gasteiger partial charge in [0.15, 0.2) is 5.82 Å². The lowest BCUT2D eigenvalue weighted by Crippen LogP contribution is -2.31. The molecule has 1 saturated carbocycles.